The Morgan fingerprint density at radius 1 is 1.10 bits per heavy atom. The summed E-state index contributed by atoms with van der Waals surface area (Å²) in [5.41, 5.74) is 2.21. The lowest BCUT2D eigenvalue weighted by atomic mass is 9.87. The lowest BCUT2D eigenvalue weighted by molar-refractivity contribution is 0.0791. The van der Waals surface area contributed by atoms with Crippen molar-refractivity contribution in [2.45, 2.75) is 31.6 Å². The minimum absolute atomic E-state index is 0. The molecule has 2 saturated heterocycles. The number of halogens is 1. The summed E-state index contributed by atoms with van der Waals surface area (Å²) in [5.74, 6) is 0.788. The van der Waals surface area contributed by atoms with E-state index in [2.05, 4.69) is 17.4 Å². The SMILES string of the molecule is Cl.O=C(c1ccccc1C1CCNCC1)N1CCCC1. The van der Waals surface area contributed by atoms with Crippen LogP contribution in [0.3, 0.4) is 0 Å². The van der Waals surface area contributed by atoms with Crippen LogP contribution >= 0.6 is 12.4 Å². The highest BCUT2D eigenvalue weighted by atomic mass is 35.5. The van der Waals surface area contributed by atoms with Gasteiger partial charge in [-0.25, -0.2) is 0 Å². The van der Waals surface area contributed by atoms with E-state index in [1.165, 1.54) is 5.56 Å². The number of piperidine rings is 1. The molecule has 0 saturated carbocycles. The fraction of sp³-hybridized carbons (Fsp3) is 0.562. The number of amides is 1. The Labute approximate surface area is 127 Å². The van der Waals surface area contributed by atoms with Crippen LogP contribution < -0.4 is 5.32 Å². The number of likely N-dealkylation sites (tertiary alicyclic amines) is 1. The first-order valence-electron chi connectivity index (χ1n) is 7.45. The van der Waals surface area contributed by atoms with Crippen LogP contribution in [0.1, 0.15) is 47.5 Å². The smallest absolute Gasteiger partial charge is 0.254 e. The second kappa shape index (κ2) is 7.09. The van der Waals surface area contributed by atoms with Gasteiger partial charge >= 0.3 is 0 Å². The number of nitrogens with one attached hydrogen (secondary N) is 1. The molecule has 4 heteroatoms. The summed E-state index contributed by atoms with van der Waals surface area (Å²) in [6, 6.07) is 8.23. The molecule has 0 unspecified atom stereocenters. The molecule has 0 aromatic heterocycles. The van der Waals surface area contributed by atoms with Crippen LogP contribution in [0.25, 0.3) is 0 Å². The topological polar surface area (TPSA) is 32.3 Å². The average molecular weight is 295 g/mol. The van der Waals surface area contributed by atoms with Gasteiger partial charge in [-0.2, -0.15) is 0 Å². The monoisotopic (exact) mass is 294 g/mol. The molecular formula is C16H23ClN2O. The van der Waals surface area contributed by atoms with Crippen molar-refractivity contribution in [3.8, 4) is 0 Å². The maximum absolute atomic E-state index is 12.6. The van der Waals surface area contributed by atoms with Gasteiger partial charge in [0.1, 0.15) is 0 Å². The number of rotatable bonds is 2. The molecule has 0 aliphatic carbocycles. The average Bonchev–Trinajstić information content (AvgIpc) is 3.02. The van der Waals surface area contributed by atoms with Gasteiger partial charge in [-0.15, -0.1) is 12.4 Å². The van der Waals surface area contributed by atoms with E-state index in [4.69, 9.17) is 0 Å². The highest BCUT2D eigenvalue weighted by molar-refractivity contribution is 5.96. The van der Waals surface area contributed by atoms with E-state index in [9.17, 15) is 4.79 Å². The summed E-state index contributed by atoms with van der Waals surface area (Å²) in [7, 11) is 0. The Morgan fingerprint density at radius 2 is 1.75 bits per heavy atom. The first-order chi connectivity index (χ1) is 9.36. The molecule has 0 spiro atoms. The Morgan fingerprint density at radius 3 is 2.45 bits per heavy atom. The molecule has 1 aromatic carbocycles. The van der Waals surface area contributed by atoms with E-state index in [0.717, 1.165) is 57.4 Å². The van der Waals surface area contributed by atoms with Gasteiger partial charge < -0.3 is 10.2 Å². The Kier molecular flexibility index (Phi) is 5.44. The van der Waals surface area contributed by atoms with Crippen molar-refractivity contribution in [3.63, 3.8) is 0 Å². The summed E-state index contributed by atoms with van der Waals surface area (Å²) in [4.78, 5) is 14.6. The van der Waals surface area contributed by atoms with Crippen LogP contribution in [0.5, 0.6) is 0 Å². The van der Waals surface area contributed by atoms with Gasteiger partial charge in [-0.1, -0.05) is 18.2 Å². The number of carbonyl (C=O) groups excluding carboxylic acids is 1. The fourth-order valence-electron chi connectivity index (χ4n) is 3.27. The van der Waals surface area contributed by atoms with Gasteiger partial charge in [0.15, 0.2) is 0 Å². The van der Waals surface area contributed by atoms with E-state index >= 15 is 0 Å². The molecule has 0 radical (unpaired) electrons. The van der Waals surface area contributed by atoms with Gasteiger partial charge in [-0.3, -0.25) is 4.79 Å². The zero-order chi connectivity index (χ0) is 13.1. The predicted octanol–water partition coefficient (Wildman–Crippen LogP) is 2.81. The number of nitrogens with zero attached hydrogens (tertiary/aromatic N) is 1. The van der Waals surface area contributed by atoms with Crippen LogP contribution in [-0.2, 0) is 0 Å². The molecule has 3 rings (SSSR count). The van der Waals surface area contributed by atoms with Crippen molar-refractivity contribution in [1.29, 1.82) is 0 Å². The standard InChI is InChI=1S/C16H22N2O.ClH/c19-16(18-11-3-4-12-18)15-6-2-1-5-14(15)13-7-9-17-10-8-13;/h1-2,5-6,13,17H,3-4,7-12H2;1H. The van der Waals surface area contributed by atoms with Crippen molar-refractivity contribution in [3.05, 3.63) is 35.4 Å². The van der Waals surface area contributed by atoms with Crippen molar-refractivity contribution in [2.75, 3.05) is 26.2 Å². The minimum Gasteiger partial charge on any atom is -0.339 e. The first-order valence-corrected chi connectivity index (χ1v) is 7.45. The second-order valence-corrected chi connectivity index (χ2v) is 5.61. The van der Waals surface area contributed by atoms with E-state index in [1.54, 1.807) is 0 Å². The molecule has 0 atom stereocenters. The molecule has 2 heterocycles. The summed E-state index contributed by atoms with van der Waals surface area (Å²) in [6.45, 7) is 3.99. The van der Waals surface area contributed by atoms with Gasteiger partial charge in [0.05, 0.1) is 0 Å². The largest absolute Gasteiger partial charge is 0.339 e. The minimum atomic E-state index is 0. The Hall–Kier alpha value is -1.06. The predicted molar refractivity (Wildman–Crippen MR) is 83.7 cm³/mol. The third kappa shape index (κ3) is 3.15. The maximum Gasteiger partial charge on any atom is 0.254 e. The van der Waals surface area contributed by atoms with Crippen LogP contribution in [0.15, 0.2) is 24.3 Å². The van der Waals surface area contributed by atoms with E-state index in [-0.39, 0.29) is 18.3 Å². The third-order valence-corrected chi connectivity index (χ3v) is 4.36. The number of benzene rings is 1. The Balaban J connectivity index is 0.00000147. The van der Waals surface area contributed by atoms with Crippen LogP contribution in [-0.4, -0.2) is 37.0 Å². The van der Waals surface area contributed by atoms with Crippen molar-refractivity contribution >= 4 is 18.3 Å². The normalized spacial score (nSPS) is 19.7. The van der Waals surface area contributed by atoms with Gasteiger partial charge in [-0.05, 0) is 56.3 Å². The van der Waals surface area contributed by atoms with Gasteiger partial charge in [0.25, 0.3) is 5.91 Å². The van der Waals surface area contributed by atoms with Crippen molar-refractivity contribution < 1.29 is 4.79 Å². The fourth-order valence-corrected chi connectivity index (χ4v) is 3.27. The van der Waals surface area contributed by atoms with Crippen LogP contribution in [0.4, 0.5) is 0 Å². The summed E-state index contributed by atoms with van der Waals surface area (Å²) in [6.07, 6.45) is 4.59. The van der Waals surface area contributed by atoms with Crippen molar-refractivity contribution in [1.82, 2.24) is 10.2 Å². The molecular weight excluding hydrogens is 272 g/mol. The van der Waals surface area contributed by atoms with Gasteiger partial charge in [0.2, 0.25) is 0 Å². The lowest BCUT2D eigenvalue weighted by Gasteiger charge is -2.26. The molecule has 1 aromatic rings. The van der Waals surface area contributed by atoms with E-state index < -0.39 is 0 Å². The number of hydrogen-bond donors (Lipinski definition) is 1. The summed E-state index contributed by atoms with van der Waals surface area (Å²) >= 11 is 0. The van der Waals surface area contributed by atoms with Crippen molar-refractivity contribution in [2.24, 2.45) is 0 Å². The molecule has 2 aliphatic rings. The van der Waals surface area contributed by atoms with Crippen LogP contribution in [0.2, 0.25) is 0 Å². The summed E-state index contributed by atoms with van der Waals surface area (Å²) < 4.78 is 0. The molecule has 2 fully saturated rings. The van der Waals surface area contributed by atoms with Gasteiger partial charge in [0, 0.05) is 18.7 Å². The molecule has 0 bridgehead atoms. The number of hydrogen-bond acceptors (Lipinski definition) is 2. The highest BCUT2D eigenvalue weighted by Crippen LogP contribution is 2.29. The third-order valence-electron chi connectivity index (χ3n) is 4.36. The van der Waals surface area contributed by atoms with Crippen LogP contribution in [0, 0.1) is 0 Å². The number of carbonyl (C=O) groups is 1. The van der Waals surface area contributed by atoms with E-state index in [0.29, 0.717) is 5.92 Å². The first kappa shape index (κ1) is 15.3. The molecule has 3 nitrogen and oxygen atoms in total. The molecule has 110 valence electrons. The molecule has 2 aliphatic heterocycles. The quantitative estimate of drug-likeness (QED) is 0.910. The molecule has 1 N–H and O–H groups in total. The Bertz CT molecular complexity index is 452. The molecule has 1 amide bonds. The summed E-state index contributed by atoms with van der Waals surface area (Å²) in [5, 5.41) is 3.39. The zero-order valence-corrected chi connectivity index (χ0v) is 12.6. The molecule has 20 heavy (non-hydrogen) atoms. The lowest BCUT2D eigenvalue weighted by Crippen LogP contribution is -2.31. The van der Waals surface area contributed by atoms with E-state index in [1.807, 2.05) is 17.0 Å². The second-order valence-electron chi connectivity index (χ2n) is 5.61. The zero-order valence-electron chi connectivity index (χ0n) is 11.8. The maximum atomic E-state index is 12.6. The highest BCUT2D eigenvalue weighted by Gasteiger charge is 2.25.